The molecule has 5 heteroatoms. The van der Waals surface area contributed by atoms with Crippen molar-refractivity contribution in [3.05, 3.63) is 35.8 Å². The smallest absolute Gasteiger partial charge is 0.334 e. The lowest BCUT2D eigenvalue weighted by atomic mass is 10.1. The van der Waals surface area contributed by atoms with E-state index >= 15 is 0 Å². The number of allylic oxidation sites excluding steroid dienone is 2. The largest absolute Gasteiger partial charge is 0.454 e. The van der Waals surface area contributed by atoms with E-state index in [1.165, 1.54) is 6.26 Å². The minimum absolute atomic E-state index is 0.220. The van der Waals surface area contributed by atoms with Gasteiger partial charge in [-0.15, -0.1) is 0 Å². The number of fused-ring (bicyclic) bond motifs is 2. The summed E-state index contributed by atoms with van der Waals surface area (Å²) in [6.45, 7) is 5.18. The van der Waals surface area contributed by atoms with E-state index in [-0.39, 0.29) is 12.2 Å². The molecular formula is C18H16O5. The molecule has 0 aromatic heterocycles. The third kappa shape index (κ3) is 2.60. The maximum atomic E-state index is 12.0. The normalized spacial score (nSPS) is 34.7. The van der Waals surface area contributed by atoms with E-state index in [1.807, 2.05) is 0 Å². The van der Waals surface area contributed by atoms with Crippen molar-refractivity contribution in [2.24, 2.45) is 0 Å². The quantitative estimate of drug-likeness (QED) is 0.337. The predicted molar refractivity (Wildman–Crippen MR) is 81.3 cm³/mol. The van der Waals surface area contributed by atoms with Crippen LogP contribution in [0, 0.1) is 23.7 Å². The Bertz CT molecular complexity index is 737. The second-order valence-electron chi connectivity index (χ2n) is 5.24. The fraction of sp³-hybridized carbons (Fsp3) is 0.389. The van der Waals surface area contributed by atoms with Crippen LogP contribution in [-0.4, -0.2) is 30.1 Å². The maximum Gasteiger partial charge on any atom is 0.334 e. The number of carbonyl (C=O) groups is 1. The molecule has 3 aliphatic heterocycles. The predicted octanol–water partition coefficient (Wildman–Crippen LogP) is 1.81. The Balaban J connectivity index is 1.76. The number of epoxide rings is 1. The summed E-state index contributed by atoms with van der Waals surface area (Å²) < 4.78 is 22.6. The first-order valence-corrected chi connectivity index (χ1v) is 7.27. The Hall–Kier alpha value is -2.63. The van der Waals surface area contributed by atoms with Gasteiger partial charge in [-0.1, -0.05) is 17.9 Å². The topological polar surface area (TPSA) is 57.3 Å². The molecule has 4 atom stereocenters. The number of rotatable bonds is 2. The first-order valence-electron chi connectivity index (χ1n) is 7.27. The fourth-order valence-electron chi connectivity index (χ4n) is 2.43. The molecule has 3 heterocycles. The Morgan fingerprint density at radius 1 is 1.43 bits per heavy atom. The first-order chi connectivity index (χ1) is 11.1. The first kappa shape index (κ1) is 15.3. The number of carbonyl (C=O) groups excluding carboxylic acids is 1. The molecule has 3 aliphatic rings. The highest BCUT2D eigenvalue weighted by atomic mass is 16.8. The van der Waals surface area contributed by atoms with E-state index in [2.05, 4.69) is 23.7 Å². The second-order valence-corrected chi connectivity index (χ2v) is 5.24. The van der Waals surface area contributed by atoms with Crippen molar-refractivity contribution in [1.82, 2.24) is 0 Å². The van der Waals surface area contributed by atoms with Gasteiger partial charge in [0.05, 0.1) is 6.26 Å². The zero-order chi connectivity index (χ0) is 16.4. The van der Waals surface area contributed by atoms with Gasteiger partial charge in [0.1, 0.15) is 5.76 Å². The summed E-state index contributed by atoms with van der Waals surface area (Å²) in [7, 11) is 0. The fourth-order valence-corrected chi connectivity index (χ4v) is 2.43. The van der Waals surface area contributed by atoms with Gasteiger partial charge in [0.2, 0.25) is 6.10 Å². The van der Waals surface area contributed by atoms with Crippen LogP contribution in [0.25, 0.3) is 0 Å². The average molecular weight is 312 g/mol. The number of hydrogen-bond acceptors (Lipinski definition) is 5. The molecule has 0 aromatic carbocycles. The van der Waals surface area contributed by atoms with Crippen LogP contribution in [0.2, 0.25) is 0 Å². The highest BCUT2D eigenvalue weighted by Crippen LogP contribution is 2.53. The van der Waals surface area contributed by atoms with Gasteiger partial charge in [-0.2, -0.15) is 0 Å². The number of ether oxygens (including phenoxy) is 4. The summed E-state index contributed by atoms with van der Waals surface area (Å²) in [6, 6.07) is 0. The van der Waals surface area contributed by atoms with Crippen LogP contribution in [0.4, 0.5) is 0 Å². The van der Waals surface area contributed by atoms with Crippen LogP contribution in [0.1, 0.15) is 20.8 Å². The summed E-state index contributed by atoms with van der Waals surface area (Å²) in [6.07, 6.45) is 5.22. The van der Waals surface area contributed by atoms with Gasteiger partial charge in [0.25, 0.3) is 0 Å². The molecule has 3 rings (SSSR count). The molecule has 0 N–H and O–H groups in total. The Kier molecular flexibility index (Phi) is 3.90. The highest BCUT2D eigenvalue weighted by molar-refractivity contribution is 5.87. The molecule has 1 spiro atoms. The molecule has 0 aliphatic carbocycles. The van der Waals surface area contributed by atoms with Gasteiger partial charge in [-0.3, -0.25) is 0 Å². The lowest BCUT2D eigenvalue weighted by Crippen LogP contribution is -2.47. The minimum Gasteiger partial charge on any atom is -0.454 e. The zero-order valence-corrected chi connectivity index (χ0v) is 13.1. The minimum atomic E-state index is -1.15. The molecule has 5 nitrogen and oxygen atoms in total. The van der Waals surface area contributed by atoms with E-state index in [1.54, 1.807) is 39.0 Å². The monoisotopic (exact) mass is 312 g/mol. The maximum absolute atomic E-state index is 12.0. The third-order valence-electron chi connectivity index (χ3n) is 3.81. The molecular weight excluding hydrogens is 296 g/mol. The lowest BCUT2D eigenvalue weighted by Gasteiger charge is -2.30. The van der Waals surface area contributed by atoms with Crippen LogP contribution in [0.15, 0.2) is 35.8 Å². The molecule has 0 amide bonds. The van der Waals surface area contributed by atoms with E-state index in [9.17, 15) is 4.79 Å². The van der Waals surface area contributed by atoms with Crippen molar-refractivity contribution < 1.29 is 23.7 Å². The summed E-state index contributed by atoms with van der Waals surface area (Å²) in [5, 5.41) is 0. The summed E-state index contributed by atoms with van der Waals surface area (Å²) in [4.78, 5) is 12.0. The molecule has 118 valence electrons. The van der Waals surface area contributed by atoms with E-state index in [0.717, 1.165) is 0 Å². The van der Waals surface area contributed by atoms with Crippen molar-refractivity contribution in [3.8, 4) is 23.7 Å². The van der Waals surface area contributed by atoms with Gasteiger partial charge < -0.3 is 18.9 Å². The van der Waals surface area contributed by atoms with Crippen molar-refractivity contribution >= 4 is 5.97 Å². The van der Waals surface area contributed by atoms with Crippen LogP contribution >= 0.6 is 0 Å². The average Bonchev–Trinajstić information content (AvgIpc) is 3.19. The standard InChI is InChI=1S/C18H16O5/c1-4-6-7-8-9-13-15-16(22-15)18(23-13)14(10-11-20-18)21-17(19)12(3)5-2/h5,9-11,14-16H,1-3H3/b12-5-,13-9?. The Morgan fingerprint density at radius 3 is 3.00 bits per heavy atom. The summed E-state index contributed by atoms with van der Waals surface area (Å²) >= 11 is 0. The van der Waals surface area contributed by atoms with Crippen molar-refractivity contribution in [1.29, 1.82) is 0 Å². The van der Waals surface area contributed by atoms with E-state index in [0.29, 0.717) is 11.3 Å². The lowest BCUT2D eigenvalue weighted by molar-refractivity contribution is -0.226. The molecule has 0 radical (unpaired) electrons. The molecule has 0 saturated carbocycles. The van der Waals surface area contributed by atoms with Gasteiger partial charge in [-0.25, -0.2) is 4.79 Å². The van der Waals surface area contributed by atoms with Crippen LogP contribution in [0.5, 0.6) is 0 Å². The van der Waals surface area contributed by atoms with Crippen molar-refractivity contribution in [2.75, 3.05) is 0 Å². The second kappa shape index (κ2) is 5.87. The van der Waals surface area contributed by atoms with Crippen LogP contribution < -0.4 is 0 Å². The van der Waals surface area contributed by atoms with Gasteiger partial charge in [0, 0.05) is 11.6 Å². The molecule has 4 unspecified atom stereocenters. The van der Waals surface area contributed by atoms with Crippen molar-refractivity contribution in [3.63, 3.8) is 0 Å². The molecule has 23 heavy (non-hydrogen) atoms. The highest BCUT2D eigenvalue weighted by Gasteiger charge is 2.72. The zero-order valence-electron chi connectivity index (χ0n) is 13.1. The van der Waals surface area contributed by atoms with Gasteiger partial charge in [-0.05, 0) is 38.7 Å². The van der Waals surface area contributed by atoms with E-state index < -0.39 is 17.9 Å². The van der Waals surface area contributed by atoms with Crippen molar-refractivity contribution in [2.45, 2.75) is 44.9 Å². The molecule has 0 aromatic rings. The molecule has 0 bridgehead atoms. The molecule has 2 fully saturated rings. The number of hydrogen-bond donors (Lipinski definition) is 0. The summed E-state index contributed by atoms with van der Waals surface area (Å²) in [5.74, 6) is 9.79. The third-order valence-corrected chi connectivity index (χ3v) is 3.81. The Labute approximate surface area is 134 Å². The summed E-state index contributed by atoms with van der Waals surface area (Å²) in [5.41, 5.74) is 0.520. The SMILES string of the molecule is CC#CC#CC=C1OC2(OC=CC2OC(=O)/C(C)=C\C)C2OC12. The van der Waals surface area contributed by atoms with Gasteiger partial charge in [0.15, 0.2) is 12.2 Å². The molecule has 2 saturated heterocycles. The van der Waals surface area contributed by atoms with E-state index in [4.69, 9.17) is 18.9 Å². The van der Waals surface area contributed by atoms with Gasteiger partial charge >= 0.3 is 11.8 Å². The number of esters is 1. The van der Waals surface area contributed by atoms with Crippen LogP contribution in [-0.2, 0) is 23.7 Å². The Morgan fingerprint density at radius 2 is 2.26 bits per heavy atom. The van der Waals surface area contributed by atoms with Crippen LogP contribution in [0.3, 0.4) is 0 Å².